The highest BCUT2D eigenvalue weighted by molar-refractivity contribution is 14.0. The Morgan fingerprint density at radius 3 is 2.63 bits per heavy atom. The molecule has 2 heterocycles. The fourth-order valence-corrected chi connectivity index (χ4v) is 3.61. The molecule has 3 N–H and O–H groups in total. The van der Waals surface area contributed by atoms with Gasteiger partial charge in [-0.05, 0) is 52.0 Å². The van der Waals surface area contributed by atoms with E-state index < -0.39 is 0 Å². The average Bonchev–Trinajstić information content (AvgIpc) is 3.29. The van der Waals surface area contributed by atoms with Gasteiger partial charge < -0.3 is 20.4 Å². The highest BCUT2D eigenvalue weighted by atomic mass is 127. The number of nitrogens with zero attached hydrogens (tertiary/aromatic N) is 2. The maximum absolute atomic E-state index is 12.0. The topological polar surface area (TPSA) is 91.5 Å². The normalized spacial score (nSPS) is 11.8. The minimum atomic E-state index is -0.274. The van der Waals surface area contributed by atoms with Gasteiger partial charge in [-0.15, -0.1) is 35.3 Å². The van der Waals surface area contributed by atoms with Crippen molar-refractivity contribution in [2.24, 2.45) is 4.99 Å². The molecule has 30 heavy (non-hydrogen) atoms. The van der Waals surface area contributed by atoms with E-state index in [1.54, 1.807) is 11.3 Å². The number of carbonyl (C=O) groups excluding carboxylic acids is 1. The highest BCUT2D eigenvalue weighted by Gasteiger charge is 2.14. The van der Waals surface area contributed by atoms with E-state index in [-0.39, 0.29) is 42.0 Å². The van der Waals surface area contributed by atoms with Gasteiger partial charge in [0.1, 0.15) is 12.3 Å². The van der Waals surface area contributed by atoms with Crippen molar-refractivity contribution in [1.82, 2.24) is 20.9 Å². The number of benzene rings is 1. The number of guanidine groups is 1. The largest absolute Gasteiger partial charge is 0.457 e. The van der Waals surface area contributed by atoms with E-state index >= 15 is 0 Å². The zero-order chi connectivity index (χ0) is 20.9. The van der Waals surface area contributed by atoms with Crippen molar-refractivity contribution in [2.45, 2.75) is 39.8 Å². The molecule has 0 atom stereocenters. The van der Waals surface area contributed by atoms with Gasteiger partial charge in [0.05, 0.1) is 16.8 Å². The van der Waals surface area contributed by atoms with Gasteiger partial charge >= 0.3 is 0 Å². The number of amides is 1. The third-order valence-corrected chi connectivity index (χ3v) is 4.89. The number of thiazole rings is 1. The van der Waals surface area contributed by atoms with Crippen LogP contribution in [0.25, 0.3) is 21.0 Å². The van der Waals surface area contributed by atoms with E-state index in [1.165, 1.54) is 0 Å². The van der Waals surface area contributed by atoms with E-state index in [9.17, 15) is 4.79 Å². The van der Waals surface area contributed by atoms with Crippen LogP contribution in [0.4, 0.5) is 0 Å². The van der Waals surface area contributed by atoms with Gasteiger partial charge in [0, 0.05) is 12.1 Å². The van der Waals surface area contributed by atoms with Gasteiger partial charge in [-0.3, -0.25) is 4.79 Å². The van der Waals surface area contributed by atoms with Gasteiger partial charge in [-0.1, -0.05) is 12.1 Å². The van der Waals surface area contributed by atoms with Crippen LogP contribution in [0.5, 0.6) is 0 Å². The molecule has 2 aromatic heterocycles. The number of furan rings is 1. The molecule has 1 aromatic carbocycles. The van der Waals surface area contributed by atoms with E-state index in [0.717, 1.165) is 26.7 Å². The first-order valence-electron chi connectivity index (χ1n) is 9.62. The minimum absolute atomic E-state index is 0. The summed E-state index contributed by atoms with van der Waals surface area (Å²) in [6.45, 7) is 9.01. The molecule has 1 amide bonds. The summed E-state index contributed by atoms with van der Waals surface area (Å²) in [6.07, 6.45) is 0. The molecule has 0 aliphatic carbocycles. The second-order valence-corrected chi connectivity index (χ2v) is 8.63. The van der Waals surface area contributed by atoms with Gasteiger partial charge in [0.2, 0.25) is 5.91 Å². The molecule has 0 aliphatic rings. The standard InChI is InChI=1S/C21H27N5O2S.HI/c1-5-22-20(24-13-18(27)26-21(2,3)4)23-12-14-10-11-16(28-14)19-25-15-8-6-7-9-17(15)29-19;/h6-11H,5,12-13H2,1-4H3,(H,26,27)(H2,22,23,24);1H. The van der Waals surface area contributed by atoms with Crippen LogP contribution < -0.4 is 16.0 Å². The number of hydrogen-bond acceptors (Lipinski definition) is 5. The monoisotopic (exact) mass is 541 g/mol. The van der Waals surface area contributed by atoms with Crippen LogP contribution in [0.2, 0.25) is 0 Å². The lowest BCUT2D eigenvalue weighted by atomic mass is 10.1. The quantitative estimate of drug-likeness (QED) is 0.248. The maximum atomic E-state index is 12.0. The van der Waals surface area contributed by atoms with Crippen molar-refractivity contribution in [2.75, 3.05) is 13.1 Å². The smallest absolute Gasteiger partial charge is 0.242 e. The molecule has 162 valence electrons. The van der Waals surface area contributed by atoms with Crippen LogP contribution >= 0.6 is 35.3 Å². The third-order valence-electron chi connectivity index (χ3n) is 3.84. The molecule has 3 rings (SSSR count). The van der Waals surface area contributed by atoms with Crippen LogP contribution in [0.3, 0.4) is 0 Å². The summed E-state index contributed by atoms with van der Waals surface area (Å²) in [7, 11) is 0. The molecule has 0 radical (unpaired) electrons. The Bertz CT molecular complexity index is 973. The summed E-state index contributed by atoms with van der Waals surface area (Å²) in [6, 6.07) is 11.9. The molecule has 0 fully saturated rings. The van der Waals surface area contributed by atoms with Crippen LogP contribution in [0, 0.1) is 0 Å². The average molecular weight is 541 g/mol. The minimum Gasteiger partial charge on any atom is -0.457 e. The van der Waals surface area contributed by atoms with E-state index in [0.29, 0.717) is 19.0 Å². The number of carbonyl (C=O) groups is 1. The summed E-state index contributed by atoms with van der Waals surface area (Å²) in [5.41, 5.74) is 0.697. The number of nitrogens with one attached hydrogen (secondary N) is 3. The Labute approximate surface area is 197 Å². The Morgan fingerprint density at radius 2 is 1.93 bits per heavy atom. The SMILES string of the molecule is CCNC(=NCC(=O)NC(C)(C)C)NCc1ccc(-c2nc3ccccc3s2)o1.I. The highest BCUT2D eigenvalue weighted by Crippen LogP contribution is 2.31. The molecule has 0 saturated carbocycles. The van der Waals surface area contributed by atoms with Crippen molar-refractivity contribution >= 4 is 57.4 Å². The van der Waals surface area contributed by atoms with Crippen LogP contribution in [0.15, 0.2) is 45.8 Å². The second-order valence-electron chi connectivity index (χ2n) is 7.60. The molecular weight excluding hydrogens is 513 g/mol. The molecule has 9 heteroatoms. The molecule has 0 aliphatic heterocycles. The molecule has 0 unspecified atom stereocenters. The summed E-state index contributed by atoms with van der Waals surface area (Å²) in [5.74, 6) is 1.96. The summed E-state index contributed by atoms with van der Waals surface area (Å²) < 4.78 is 7.08. The predicted molar refractivity (Wildman–Crippen MR) is 133 cm³/mol. The molecule has 0 spiro atoms. The van der Waals surface area contributed by atoms with Crippen LogP contribution in [-0.4, -0.2) is 35.5 Å². The van der Waals surface area contributed by atoms with E-state index in [2.05, 4.69) is 32.0 Å². The number of halogens is 1. The van der Waals surface area contributed by atoms with Gasteiger partial charge in [0.25, 0.3) is 0 Å². The van der Waals surface area contributed by atoms with Gasteiger partial charge in [-0.2, -0.15) is 0 Å². The Balaban J connectivity index is 0.00000320. The zero-order valence-electron chi connectivity index (χ0n) is 17.6. The Morgan fingerprint density at radius 1 is 1.17 bits per heavy atom. The fourth-order valence-electron chi connectivity index (χ4n) is 2.69. The predicted octanol–water partition coefficient (Wildman–Crippen LogP) is 4.14. The van der Waals surface area contributed by atoms with Gasteiger partial charge in [0.15, 0.2) is 16.7 Å². The van der Waals surface area contributed by atoms with Crippen molar-refractivity contribution in [1.29, 1.82) is 0 Å². The first-order chi connectivity index (χ1) is 13.8. The van der Waals surface area contributed by atoms with Crippen molar-refractivity contribution in [3.63, 3.8) is 0 Å². The molecule has 0 bridgehead atoms. The lowest BCUT2D eigenvalue weighted by Gasteiger charge is -2.20. The lowest BCUT2D eigenvalue weighted by molar-refractivity contribution is -0.121. The molecule has 7 nitrogen and oxygen atoms in total. The van der Waals surface area contributed by atoms with Crippen molar-refractivity contribution in [3.8, 4) is 10.8 Å². The van der Waals surface area contributed by atoms with E-state index in [4.69, 9.17) is 4.42 Å². The lowest BCUT2D eigenvalue weighted by Crippen LogP contribution is -2.43. The second kappa shape index (κ2) is 10.8. The number of rotatable bonds is 6. The Kier molecular flexibility index (Phi) is 8.65. The molecule has 3 aromatic rings. The summed E-state index contributed by atoms with van der Waals surface area (Å²) >= 11 is 1.61. The number of aromatic nitrogens is 1. The van der Waals surface area contributed by atoms with Gasteiger partial charge in [-0.25, -0.2) is 9.98 Å². The first-order valence-corrected chi connectivity index (χ1v) is 10.4. The molecule has 0 saturated heterocycles. The third kappa shape index (κ3) is 6.98. The van der Waals surface area contributed by atoms with Crippen LogP contribution in [-0.2, 0) is 11.3 Å². The molecular formula is C21H28IN5O2S. The fraction of sp³-hybridized carbons (Fsp3) is 0.381. The Hall–Kier alpha value is -2.14. The zero-order valence-corrected chi connectivity index (χ0v) is 20.8. The van der Waals surface area contributed by atoms with E-state index in [1.807, 2.05) is 58.0 Å². The van der Waals surface area contributed by atoms with Crippen LogP contribution in [0.1, 0.15) is 33.5 Å². The van der Waals surface area contributed by atoms with Crippen molar-refractivity contribution < 1.29 is 9.21 Å². The number of hydrogen-bond donors (Lipinski definition) is 3. The number of para-hydroxylation sites is 1. The maximum Gasteiger partial charge on any atom is 0.242 e. The summed E-state index contributed by atoms with van der Waals surface area (Å²) in [4.78, 5) is 20.9. The number of aliphatic imine (C=N–C) groups is 1. The first kappa shape index (κ1) is 24.1. The number of fused-ring (bicyclic) bond motifs is 1. The summed E-state index contributed by atoms with van der Waals surface area (Å²) in [5, 5.41) is 10.1. The van der Waals surface area contributed by atoms with Crippen molar-refractivity contribution in [3.05, 3.63) is 42.2 Å².